The molecule has 154 valence electrons. The lowest BCUT2D eigenvalue weighted by Crippen LogP contribution is -2.28. The molecule has 4 aromatic rings. The lowest BCUT2D eigenvalue weighted by atomic mass is 9.95. The molecule has 0 aliphatic carbocycles. The summed E-state index contributed by atoms with van der Waals surface area (Å²) in [6, 6.07) is 27.9. The van der Waals surface area contributed by atoms with E-state index in [0.29, 0.717) is 0 Å². The van der Waals surface area contributed by atoms with Crippen LogP contribution in [-0.2, 0) is 13.5 Å². The van der Waals surface area contributed by atoms with Gasteiger partial charge in [-0.25, -0.2) is 4.57 Å². The van der Waals surface area contributed by atoms with Crippen molar-refractivity contribution >= 4 is 33.9 Å². The molecular formula is C27H25N2OS+. The number of para-hydroxylation sites is 2. The highest BCUT2D eigenvalue weighted by Crippen LogP contribution is 2.48. The molecule has 0 saturated heterocycles. The Labute approximate surface area is 187 Å². The summed E-state index contributed by atoms with van der Waals surface area (Å²) < 4.78 is 7.55. The molecule has 0 radical (unpaired) electrons. The average Bonchev–Trinajstić information content (AvgIpc) is 3.15. The normalized spacial score (nSPS) is 14.6. The first-order valence-electron chi connectivity index (χ1n) is 10.4. The number of benzene rings is 3. The van der Waals surface area contributed by atoms with E-state index in [0.717, 1.165) is 12.2 Å². The molecule has 0 fully saturated rings. The van der Waals surface area contributed by atoms with Gasteiger partial charge in [-0.15, -0.1) is 0 Å². The number of thioether (sulfide) groups is 1. The second-order valence-corrected chi connectivity index (χ2v) is 8.83. The minimum atomic E-state index is 0.850. The lowest BCUT2D eigenvalue weighted by Gasteiger charge is -2.20. The monoisotopic (exact) mass is 425 g/mol. The molecule has 0 bridgehead atoms. The standard InChI is InChI=1S/C27H25N2OS/c1-28-17-16-21(22-8-4-5-9-24(22)28)23(18-19-12-14-20(30-3)15-13-19)27-29(2)25-10-6-7-11-26(25)31-27/h4-17H,18H2,1-3H3/q+1. The Hall–Kier alpha value is -3.24. The van der Waals surface area contributed by atoms with E-state index >= 15 is 0 Å². The topological polar surface area (TPSA) is 16.4 Å². The number of aryl methyl sites for hydroxylation is 1. The molecule has 1 aromatic heterocycles. The molecule has 0 spiro atoms. The summed E-state index contributed by atoms with van der Waals surface area (Å²) in [4.78, 5) is 3.64. The SMILES string of the molecule is COc1ccc(C/C(=C2/Sc3ccccc3N2C)c2cc[n+](C)c3ccccc23)cc1. The van der Waals surface area contributed by atoms with E-state index in [1.807, 2.05) is 23.9 Å². The summed E-state index contributed by atoms with van der Waals surface area (Å²) >= 11 is 1.86. The number of pyridine rings is 1. The Morgan fingerprint density at radius 3 is 2.45 bits per heavy atom. The maximum Gasteiger partial charge on any atom is 0.212 e. The van der Waals surface area contributed by atoms with Crippen LogP contribution in [0.3, 0.4) is 0 Å². The van der Waals surface area contributed by atoms with Gasteiger partial charge < -0.3 is 9.64 Å². The third-order valence-electron chi connectivity index (χ3n) is 5.90. The molecule has 5 rings (SSSR count). The van der Waals surface area contributed by atoms with Gasteiger partial charge in [0.15, 0.2) is 6.20 Å². The second-order valence-electron chi connectivity index (χ2n) is 7.79. The summed E-state index contributed by atoms with van der Waals surface area (Å²) in [7, 11) is 5.99. The first-order chi connectivity index (χ1) is 15.2. The number of nitrogens with zero attached hydrogens (tertiary/aromatic N) is 2. The van der Waals surface area contributed by atoms with Crippen molar-refractivity contribution in [1.29, 1.82) is 0 Å². The van der Waals surface area contributed by atoms with E-state index in [1.54, 1.807) is 7.11 Å². The minimum Gasteiger partial charge on any atom is -0.497 e. The van der Waals surface area contributed by atoms with Gasteiger partial charge >= 0.3 is 0 Å². The van der Waals surface area contributed by atoms with Crippen molar-refractivity contribution in [3.8, 4) is 5.75 Å². The number of hydrogen-bond donors (Lipinski definition) is 0. The molecule has 4 heteroatoms. The zero-order valence-corrected chi connectivity index (χ0v) is 18.8. The predicted octanol–water partition coefficient (Wildman–Crippen LogP) is 5.83. The number of allylic oxidation sites excluding steroid dienone is 1. The van der Waals surface area contributed by atoms with Gasteiger partial charge in [0.1, 0.15) is 12.8 Å². The van der Waals surface area contributed by atoms with Crippen LogP contribution in [0.1, 0.15) is 11.1 Å². The Bertz CT molecular complexity index is 1290. The Morgan fingerprint density at radius 2 is 1.68 bits per heavy atom. The van der Waals surface area contributed by atoms with Gasteiger partial charge in [-0.1, -0.05) is 48.2 Å². The summed E-state index contributed by atoms with van der Waals surface area (Å²) in [5.41, 5.74) is 6.39. The summed E-state index contributed by atoms with van der Waals surface area (Å²) in [5.74, 6) is 0.884. The van der Waals surface area contributed by atoms with E-state index in [9.17, 15) is 0 Å². The van der Waals surface area contributed by atoms with Crippen molar-refractivity contribution in [2.24, 2.45) is 7.05 Å². The largest absolute Gasteiger partial charge is 0.497 e. The number of ether oxygens (including phenoxy) is 1. The van der Waals surface area contributed by atoms with Crippen molar-refractivity contribution in [2.45, 2.75) is 11.3 Å². The van der Waals surface area contributed by atoms with Crippen LogP contribution in [0.2, 0.25) is 0 Å². The van der Waals surface area contributed by atoms with Crippen LogP contribution in [0.4, 0.5) is 5.69 Å². The van der Waals surface area contributed by atoms with Crippen LogP contribution >= 0.6 is 11.8 Å². The zero-order chi connectivity index (χ0) is 21.4. The van der Waals surface area contributed by atoms with Gasteiger partial charge in [-0.2, -0.15) is 0 Å². The van der Waals surface area contributed by atoms with E-state index in [2.05, 4.69) is 96.5 Å². The molecule has 0 saturated carbocycles. The van der Waals surface area contributed by atoms with E-state index in [1.165, 1.54) is 43.2 Å². The number of anilines is 1. The Kier molecular flexibility index (Phi) is 5.16. The molecule has 0 amide bonds. The molecular weight excluding hydrogens is 400 g/mol. The molecule has 3 nitrogen and oxygen atoms in total. The summed E-state index contributed by atoms with van der Waals surface area (Å²) in [6.07, 6.45) is 3.02. The van der Waals surface area contributed by atoms with E-state index in [-0.39, 0.29) is 0 Å². The van der Waals surface area contributed by atoms with Crippen LogP contribution < -0.4 is 14.2 Å². The molecule has 0 N–H and O–H groups in total. The van der Waals surface area contributed by atoms with Crippen molar-refractivity contribution < 1.29 is 9.30 Å². The zero-order valence-electron chi connectivity index (χ0n) is 18.0. The van der Waals surface area contributed by atoms with Crippen molar-refractivity contribution in [1.82, 2.24) is 0 Å². The van der Waals surface area contributed by atoms with Crippen molar-refractivity contribution in [3.05, 3.63) is 101 Å². The van der Waals surface area contributed by atoms with Crippen molar-refractivity contribution in [3.63, 3.8) is 0 Å². The van der Waals surface area contributed by atoms with Crippen LogP contribution in [0, 0.1) is 0 Å². The van der Waals surface area contributed by atoms with Gasteiger partial charge in [0.2, 0.25) is 5.52 Å². The first kappa shape index (κ1) is 19.7. The Balaban J connectivity index is 1.70. The molecule has 2 heterocycles. The number of fused-ring (bicyclic) bond motifs is 2. The lowest BCUT2D eigenvalue weighted by molar-refractivity contribution is -0.644. The van der Waals surface area contributed by atoms with Crippen LogP contribution in [-0.4, -0.2) is 14.2 Å². The van der Waals surface area contributed by atoms with Crippen LogP contribution in [0.25, 0.3) is 16.5 Å². The third-order valence-corrected chi connectivity index (χ3v) is 7.18. The number of methoxy groups -OCH3 is 1. The fourth-order valence-corrected chi connectivity index (χ4v) is 5.43. The third kappa shape index (κ3) is 3.57. The molecule has 3 aromatic carbocycles. The summed E-state index contributed by atoms with van der Waals surface area (Å²) in [5, 5.41) is 2.56. The second kappa shape index (κ2) is 8.12. The number of aromatic nitrogens is 1. The highest BCUT2D eigenvalue weighted by atomic mass is 32.2. The van der Waals surface area contributed by atoms with Crippen LogP contribution in [0.5, 0.6) is 5.75 Å². The van der Waals surface area contributed by atoms with Gasteiger partial charge in [-0.3, -0.25) is 0 Å². The highest BCUT2D eigenvalue weighted by Gasteiger charge is 2.27. The van der Waals surface area contributed by atoms with Crippen LogP contribution in [0.15, 0.2) is 95.0 Å². The molecule has 0 unspecified atom stereocenters. The number of rotatable bonds is 4. The minimum absolute atomic E-state index is 0.850. The smallest absolute Gasteiger partial charge is 0.212 e. The fourth-order valence-electron chi connectivity index (χ4n) is 4.23. The van der Waals surface area contributed by atoms with Gasteiger partial charge in [-0.05, 0) is 41.5 Å². The molecule has 1 aliphatic rings. The van der Waals surface area contributed by atoms with E-state index < -0.39 is 0 Å². The number of hydrogen-bond acceptors (Lipinski definition) is 3. The summed E-state index contributed by atoms with van der Waals surface area (Å²) in [6.45, 7) is 0. The predicted molar refractivity (Wildman–Crippen MR) is 129 cm³/mol. The highest BCUT2D eigenvalue weighted by molar-refractivity contribution is 8.04. The van der Waals surface area contributed by atoms with Gasteiger partial charge in [0, 0.05) is 36.1 Å². The molecule has 0 atom stereocenters. The maximum absolute atomic E-state index is 5.36. The molecule has 31 heavy (non-hydrogen) atoms. The fraction of sp³-hybridized carbons (Fsp3) is 0.148. The Morgan fingerprint density at radius 1 is 0.935 bits per heavy atom. The first-order valence-corrected chi connectivity index (χ1v) is 11.2. The average molecular weight is 426 g/mol. The van der Waals surface area contributed by atoms with E-state index in [4.69, 9.17) is 4.74 Å². The van der Waals surface area contributed by atoms with Gasteiger partial charge in [0.05, 0.1) is 23.2 Å². The quantitative estimate of drug-likeness (QED) is 0.383. The van der Waals surface area contributed by atoms with Crippen molar-refractivity contribution in [2.75, 3.05) is 19.1 Å². The maximum atomic E-state index is 5.36. The van der Waals surface area contributed by atoms with Gasteiger partial charge in [0.25, 0.3) is 0 Å². The molecule has 1 aliphatic heterocycles.